The van der Waals surface area contributed by atoms with Crippen LogP contribution >= 0.6 is 0 Å². The van der Waals surface area contributed by atoms with Gasteiger partial charge in [-0.05, 0) is 0 Å². The first-order valence-corrected chi connectivity index (χ1v) is 4.58. The second kappa shape index (κ2) is 5.86. The molecule has 7 heteroatoms. The highest BCUT2D eigenvalue weighted by Crippen LogP contribution is 1.98. The predicted octanol–water partition coefficient (Wildman–Crippen LogP) is -0.106. The molecule has 0 radical (unpaired) electrons. The van der Waals surface area contributed by atoms with Crippen LogP contribution in [0.1, 0.15) is 16.9 Å². The molecule has 1 rings (SSSR count). The number of aliphatic carboxylic acids is 1. The van der Waals surface area contributed by atoms with Gasteiger partial charge in [0.2, 0.25) is 0 Å². The number of carbonyl (C=O) groups is 2. The molecule has 0 aliphatic carbocycles. The van der Waals surface area contributed by atoms with Gasteiger partial charge in [0.1, 0.15) is 12.3 Å². The van der Waals surface area contributed by atoms with Gasteiger partial charge in [-0.15, -0.1) is 0 Å². The van der Waals surface area contributed by atoms with E-state index in [9.17, 15) is 9.59 Å². The zero-order valence-electron chi connectivity index (χ0n) is 8.67. The molecule has 1 aromatic heterocycles. The van der Waals surface area contributed by atoms with Crippen LogP contribution in [0.15, 0.2) is 16.9 Å². The van der Waals surface area contributed by atoms with Crippen LogP contribution in [-0.4, -0.2) is 41.9 Å². The maximum absolute atomic E-state index is 11.4. The Morgan fingerprint density at radius 3 is 2.94 bits per heavy atom. The lowest BCUT2D eigenvalue weighted by atomic mass is 10.2. The van der Waals surface area contributed by atoms with Crippen molar-refractivity contribution in [2.75, 3.05) is 13.7 Å². The van der Waals surface area contributed by atoms with Crippen molar-refractivity contribution in [2.24, 2.45) is 0 Å². The fourth-order valence-electron chi connectivity index (χ4n) is 1.05. The maximum Gasteiger partial charge on any atom is 0.326 e. The van der Waals surface area contributed by atoms with Crippen LogP contribution in [-0.2, 0) is 9.53 Å². The number of nitrogens with one attached hydrogen (secondary N) is 1. The van der Waals surface area contributed by atoms with E-state index in [4.69, 9.17) is 9.84 Å². The van der Waals surface area contributed by atoms with E-state index in [2.05, 4.69) is 15.0 Å². The average molecular weight is 228 g/mol. The third-order valence-corrected chi connectivity index (χ3v) is 1.88. The van der Waals surface area contributed by atoms with Crippen molar-refractivity contribution >= 4 is 11.9 Å². The lowest BCUT2D eigenvalue weighted by molar-refractivity contribution is -0.139. The summed E-state index contributed by atoms with van der Waals surface area (Å²) in [6, 6.07) is 0.356. The molecule has 0 aliphatic heterocycles. The minimum Gasteiger partial charge on any atom is -0.480 e. The monoisotopic (exact) mass is 228 g/mol. The van der Waals surface area contributed by atoms with Gasteiger partial charge in [-0.1, -0.05) is 5.16 Å². The minimum absolute atomic E-state index is 0.0451. The number of methoxy groups -OCH3 is 1. The molecule has 0 saturated heterocycles. The highest BCUT2D eigenvalue weighted by atomic mass is 16.5. The van der Waals surface area contributed by atoms with E-state index in [1.807, 2.05) is 0 Å². The summed E-state index contributed by atoms with van der Waals surface area (Å²) in [6.07, 6.45) is 1.43. The van der Waals surface area contributed by atoms with Gasteiger partial charge in [0.25, 0.3) is 5.91 Å². The van der Waals surface area contributed by atoms with Crippen molar-refractivity contribution in [2.45, 2.75) is 12.5 Å². The quantitative estimate of drug-likeness (QED) is 0.704. The van der Waals surface area contributed by atoms with Gasteiger partial charge >= 0.3 is 5.97 Å². The Bertz CT molecular complexity index is 349. The topological polar surface area (TPSA) is 102 Å². The number of ether oxygens (including phenoxy) is 1. The van der Waals surface area contributed by atoms with E-state index in [0.29, 0.717) is 0 Å². The number of amides is 1. The molecule has 88 valence electrons. The fourth-order valence-corrected chi connectivity index (χ4v) is 1.05. The highest BCUT2D eigenvalue weighted by Gasteiger charge is 2.21. The van der Waals surface area contributed by atoms with Gasteiger partial charge in [-0.25, -0.2) is 4.79 Å². The van der Waals surface area contributed by atoms with Crippen LogP contribution in [0.5, 0.6) is 0 Å². The Balaban J connectivity index is 2.54. The predicted molar refractivity (Wildman–Crippen MR) is 51.9 cm³/mol. The largest absolute Gasteiger partial charge is 0.480 e. The summed E-state index contributed by atoms with van der Waals surface area (Å²) in [7, 11) is 1.46. The Labute approximate surface area is 91.4 Å². The molecule has 0 bridgehead atoms. The van der Waals surface area contributed by atoms with Gasteiger partial charge in [0.15, 0.2) is 5.69 Å². The van der Waals surface area contributed by atoms with Crippen LogP contribution in [0.25, 0.3) is 0 Å². The average Bonchev–Trinajstić information content (AvgIpc) is 2.76. The molecular formula is C9H12N2O5. The van der Waals surface area contributed by atoms with Crippen LogP contribution < -0.4 is 5.32 Å². The minimum atomic E-state index is -1.12. The number of carboxylic acids is 1. The molecule has 0 aromatic carbocycles. The molecule has 16 heavy (non-hydrogen) atoms. The SMILES string of the molecule is COCCC(NC(=O)c1ccon1)C(=O)O. The van der Waals surface area contributed by atoms with Gasteiger partial charge in [0.05, 0.1) is 0 Å². The summed E-state index contributed by atoms with van der Waals surface area (Å²) in [5.41, 5.74) is 0.0451. The van der Waals surface area contributed by atoms with E-state index >= 15 is 0 Å². The summed E-state index contributed by atoms with van der Waals surface area (Å²) < 4.78 is 9.22. The standard InChI is InChI=1S/C9H12N2O5/c1-15-4-2-7(9(13)14)10-8(12)6-3-5-16-11-6/h3,5,7H,2,4H2,1H3,(H,10,12)(H,13,14). The number of rotatable bonds is 6. The van der Waals surface area contributed by atoms with Crippen LogP contribution in [0, 0.1) is 0 Å². The number of hydrogen-bond donors (Lipinski definition) is 2. The summed E-state index contributed by atoms with van der Waals surface area (Å²) in [4.78, 5) is 22.2. The molecule has 0 saturated carbocycles. The van der Waals surface area contributed by atoms with E-state index in [1.165, 1.54) is 19.4 Å². The Morgan fingerprint density at radius 1 is 1.69 bits per heavy atom. The van der Waals surface area contributed by atoms with Crippen LogP contribution in [0.3, 0.4) is 0 Å². The molecule has 0 aliphatic rings. The van der Waals surface area contributed by atoms with Crippen LogP contribution in [0.2, 0.25) is 0 Å². The molecular weight excluding hydrogens is 216 g/mol. The van der Waals surface area contributed by atoms with Gasteiger partial charge in [0, 0.05) is 26.2 Å². The summed E-state index contributed by atoms with van der Waals surface area (Å²) in [6.45, 7) is 0.246. The molecule has 1 unspecified atom stereocenters. The van der Waals surface area contributed by atoms with Gasteiger partial charge in [-0.2, -0.15) is 0 Å². The summed E-state index contributed by atoms with van der Waals surface area (Å²) >= 11 is 0. The highest BCUT2D eigenvalue weighted by molar-refractivity contribution is 5.94. The van der Waals surface area contributed by atoms with Gasteiger partial charge in [-0.3, -0.25) is 4.79 Å². The fraction of sp³-hybridized carbons (Fsp3) is 0.444. The smallest absolute Gasteiger partial charge is 0.326 e. The number of carboxylic acid groups (broad SMARTS) is 1. The van der Waals surface area contributed by atoms with Crippen molar-refractivity contribution in [3.8, 4) is 0 Å². The number of aromatic nitrogens is 1. The first-order valence-electron chi connectivity index (χ1n) is 4.58. The van der Waals surface area contributed by atoms with Crippen molar-refractivity contribution in [1.82, 2.24) is 10.5 Å². The number of nitrogens with zero attached hydrogens (tertiary/aromatic N) is 1. The molecule has 7 nitrogen and oxygen atoms in total. The Morgan fingerprint density at radius 2 is 2.44 bits per heavy atom. The molecule has 1 amide bonds. The molecule has 2 N–H and O–H groups in total. The molecule has 0 fully saturated rings. The van der Waals surface area contributed by atoms with Gasteiger partial charge < -0.3 is 19.7 Å². The molecule has 1 atom stereocenters. The first-order chi connectivity index (χ1) is 7.65. The zero-order valence-corrected chi connectivity index (χ0v) is 8.67. The van der Waals surface area contributed by atoms with Crippen molar-refractivity contribution in [1.29, 1.82) is 0 Å². The summed E-state index contributed by atoms with van der Waals surface area (Å²) in [5, 5.41) is 14.5. The van der Waals surface area contributed by atoms with Crippen molar-refractivity contribution < 1.29 is 24.0 Å². The van der Waals surface area contributed by atoms with E-state index in [1.54, 1.807) is 0 Å². The molecule has 1 heterocycles. The molecule has 1 aromatic rings. The lowest BCUT2D eigenvalue weighted by Gasteiger charge is -2.12. The normalized spacial score (nSPS) is 12.1. The third-order valence-electron chi connectivity index (χ3n) is 1.88. The first kappa shape index (κ1) is 12.2. The van der Waals surface area contributed by atoms with Crippen molar-refractivity contribution in [3.05, 3.63) is 18.0 Å². The van der Waals surface area contributed by atoms with E-state index in [-0.39, 0.29) is 18.7 Å². The second-order valence-electron chi connectivity index (χ2n) is 3.03. The molecule has 0 spiro atoms. The Hall–Kier alpha value is -1.89. The van der Waals surface area contributed by atoms with E-state index in [0.717, 1.165) is 0 Å². The number of hydrogen-bond acceptors (Lipinski definition) is 5. The van der Waals surface area contributed by atoms with E-state index < -0.39 is 17.9 Å². The van der Waals surface area contributed by atoms with Crippen LogP contribution in [0.4, 0.5) is 0 Å². The summed E-state index contributed by atoms with van der Waals surface area (Å²) in [5.74, 6) is -1.70. The number of carbonyl (C=O) groups excluding carboxylic acids is 1. The maximum atomic E-state index is 11.4. The third kappa shape index (κ3) is 3.35. The second-order valence-corrected chi connectivity index (χ2v) is 3.03. The van der Waals surface area contributed by atoms with Crippen molar-refractivity contribution in [3.63, 3.8) is 0 Å². The lowest BCUT2D eigenvalue weighted by Crippen LogP contribution is -2.41. The zero-order chi connectivity index (χ0) is 12.0. The Kier molecular flexibility index (Phi) is 4.46.